The number of morpholine rings is 1. The normalized spacial score (nSPS) is 16.1. The van der Waals surface area contributed by atoms with Crippen LogP contribution in [0.25, 0.3) is 0 Å². The van der Waals surface area contributed by atoms with E-state index in [0.717, 1.165) is 5.69 Å². The van der Waals surface area contributed by atoms with Crippen LogP contribution in [0.1, 0.15) is 0 Å². The zero-order chi connectivity index (χ0) is 22.4. The summed E-state index contributed by atoms with van der Waals surface area (Å²) in [6.45, 7) is 2.66. The molecule has 1 saturated heterocycles. The molecular formula is C22H26N2O7. The SMILES string of the molecule is COC(=O)C1=C(C(=O)OC)N(c2cc(OC)c(N3CCOCC3)cc2OC)C=CC=C1. The van der Waals surface area contributed by atoms with Gasteiger partial charge in [0.1, 0.15) is 17.2 Å². The first-order valence-corrected chi connectivity index (χ1v) is 9.69. The molecule has 0 radical (unpaired) electrons. The molecule has 0 atom stereocenters. The highest BCUT2D eigenvalue weighted by Crippen LogP contribution is 2.42. The summed E-state index contributed by atoms with van der Waals surface area (Å²) in [6, 6.07) is 3.61. The number of rotatable bonds is 6. The molecule has 9 nitrogen and oxygen atoms in total. The summed E-state index contributed by atoms with van der Waals surface area (Å²) in [4.78, 5) is 28.8. The van der Waals surface area contributed by atoms with Crippen molar-refractivity contribution in [3.05, 3.63) is 47.8 Å². The van der Waals surface area contributed by atoms with Crippen LogP contribution in [0.15, 0.2) is 47.8 Å². The molecule has 0 amide bonds. The van der Waals surface area contributed by atoms with Crippen molar-refractivity contribution in [1.29, 1.82) is 0 Å². The van der Waals surface area contributed by atoms with Crippen molar-refractivity contribution in [3.63, 3.8) is 0 Å². The summed E-state index contributed by atoms with van der Waals surface area (Å²) < 4.78 is 26.6. The highest BCUT2D eigenvalue weighted by Gasteiger charge is 2.30. The quantitative estimate of drug-likeness (QED) is 0.629. The van der Waals surface area contributed by atoms with E-state index in [1.54, 1.807) is 31.5 Å². The van der Waals surface area contributed by atoms with Gasteiger partial charge in [-0.3, -0.25) is 0 Å². The number of methoxy groups -OCH3 is 4. The molecule has 0 unspecified atom stereocenters. The van der Waals surface area contributed by atoms with E-state index in [1.165, 1.54) is 32.3 Å². The lowest BCUT2D eigenvalue weighted by molar-refractivity contribution is -0.139. The molecule has 2 heterocycles. The van der Waals surface area contributed by atoms with Gasteiger partial charge in [0.2, 0.25) is 0 Å². The first kappa shape index (κ1) is 22.2. The molecule has 0 N–H and O–H groups in total. The topological polar surface area (TPSA) is 86.8 Å². The van der Waals surface area contributed by atoms with Crippen LogP contribution in [0.4, 0.5) is 11.4 Å². The van der Waals surface area contributed by atoms with Gasteiger partial charge >= 0.3 is 11.9 Å². The second-order valence-corrected chi connectivity index (χ2v) is 6.61. The molecule has 31 heavy (non-hydrogen) atoms. The number of hydrogen-bond donors (Lipinski definition) is 0. The minimum atomic E-state index is -0.699. The van der Waals surface area contributed by atoms with Crippen molar-refractivity contribution in [2.75, 3.05) is 64.5 Å². The maximum Gasteiger partial charge on any atom is 0.355 e. The van der Waals surface area contributed by atoms with Crippen LogP contribution < -0.4 is 19.3 Å². The lowest BCUT2D eigenvalue weighted by atomic mass is 10.1. The lowest BCUT2D eigenvalue weighted by Gasteiger charge is -2.32. The molecule has 0 bridgehead atoms. The number of anilines is 2. The summed E-state index contributed by atoms with van der Waals surface area (Å²) in [7, 11) is 5.62. The Morgan fingerprint density at radius 2 is 1.48 bits per heavy atom. The number of carbonyl (C=O) groups excluding carboxylic acids is 2. The Morgan fingerprint density at radius 3 is 2.10 bits per heavy atom. The highest BCUT2D eigenvalue weighted by atomic mass is 16.5. The third-order valence-electron chi connectivity index (χ3n) is 4.98. The Hall–Kier alpha value is -3.46. The van der Waals surface area contributed by atoms with Gasteiger partial charge < -0.3 is 33.5 Å². The number of carbonyl (C=O) groups is 2. The van der Waals surface area contributed by atoms with E-state index < -0.39 is 11.9 Å². The van der Waals surface area contributed by atoms with Gasteiger partial charge in [-0.15, -0.1) is 0 Å². The van der Waals surface area contributed by atoms with E-state index in [9.17, 15) is 9.59 Å². The van der Waals surface area contributed by atoms with Crippen molar-refractivity contribution < 1.29 is 33.3 Å². The van der Waals surface area contributed by atoms with Gasteiger partial charge in [0.05, 0.1) is 58.6 Å². The van der Waals surface area contributed by atoms with Gasteiger partial charge in [-0.1, -0.05) is 6.08 Å². The second kappa shape index (κ2) is 10.0. The highest BCUT2D eigenvalue weighted by molar-refractivity contribution is 6.05. The van der Waals surface area contributed by atoms with Crippen LogP contribution in [0.5, 0.6) is 11.5 Å². The maximum atomic E-state index is 12.7. The van der Waals surface area contributed by atoms with Crippen molar-refractivity contribution >= 4 is 23.3 Å². The van der Waals surface area contributed by atoms with Crippen LogP contribution in [0, 0.1) is 0 Å². The third-order valence-corrected chi connectivity index (χ3v) is 4.98. The number of ether oxygens (including phenoxy) is 5. The molecule has 0 saturated carbocycles. The monoisotopic (exact) mass is 430 g/mol. The van der Waals surface area contributed by atoms with Crippen LogP contribution in [-0.2, 0) is 23.8 Å². The van der Waals surface area contributed by atoms with E-state index in [-0.39, 0.29) is 11.3 Å². The average molecular weight is 430 g/mol. The van der Waals surface area contributed by atoms with Crippen LogP contribution in [0.3, 0.4) is 0 Å². The molecule has 1 aromatic rings. The maximum absolute atomic E-state index is 12.7. The molecule has 166 valence electrons. The van der Waals surface area contributed by atoms with Gasteiger partial charge in [0.15, 0.2) is 0 Å². The molecule has 9 heteroatoms. The Kier molecular flexibility index (Phi) is 7.19. The Balaban J connectivity index is 2.18. The predicted molar refractivity (Wildman–Crippen MR) is 114 cm³/mol. The number of nitrogens with zero attached hydrogens (tertiary/aromatic N) is 2. The van der Waals surface area contributed by atoms with Gasteiger partial charge in [-0.25, -0.2) is 9.59 Å². The summed E-state index contributed by atoms with van der Waals surface area (Å²) >= 11 is 0. The van der Waals surface area contributed by atoms with Crippen molar-refractivity contribution in [3.8, 4) is 11.5 Å². The van der Waals surface area contributed by atoms with Crippen LogP contribution in [0.2, 0.25) is 0 Å². The van der Waals surface area contributed by atoms with Gasteiger partial charge in [-0.2, -0.15) is 0 Å². The number of benzene rings is 1. The zero-order valence-corrected chi connectivity index (χ0v) is 18.0. The standard InChI is InChI=1S/C22H26N2O7/c1-27-18-14-17(19(28-2)13-16(18)23-9-11-31-12-10-23)24-8-6-5-7-15(21(25)29-3)20(24)22(26)30-4/h5-8,13-14H,9-12H2,1-4H3. The summed E-state index contributed by atoms with van der Waals surface area (Å²) in [5, 5.41) is 0. The number of hydrogen-bond acceptors (Lipinski definition) is 9. The molecule has 0 spiro atoms. The van der Waals surface area contributed by atoms with E-state index in [2.05, 4.69) is 4.90 Å². The molecular weight excluding hydrogens is 404 g/mol. The van der Waals surface area contributed by atoms with Crippen LogP contribution >= 0.6 is 0 Å². The molecule has 0 aliphatic carbocycles. The molecule has 1 aromatic carbocycles. The first-order chi connectivity index (χ1) is 15.0. The van der Waals surface area contributed by atoms with Crippen molar-refractivity contribution in [2.45, 2.75) is 0 Å². The fraction of sp³-hybridized carbons (Fsp3) is 0.364. The lowest BCUT2D eigenvalue weighted by Crippen LogP contribution is -2.36. The fourth-order valence-corrected chi connectivity index (χ4v) is 3.46. The minimum Gasteiger partial charge on any atom is -0.494 e. The first-order valence-electron chi connectivity index (χ1n) is 9.69. The van der Waals surface area contributed by atoms with Crippen LogP contribution in [-0.4, -0.2) is 66.7 Å². The third kappa shape index (κ3) is 4.51. The van der Waals surface area contributed by atoms with Gasteiger partial charge in [0.25, 0.3) is 0 Å². The Bertz CT molecular complexity index is 930. The van der Waals surface area contributed by atoms with Gasteiger partial charge in [0, 0.05) is 31.4 Å². The molecule has 2 aliphatic heterocycles. The number of allylic oxidation sites excluding steroid dienone is 2. The summed E-state index contributed by atoms with van der Waals surface area (Å²) in [5.41, 5.74) is 1.40. The molecule has 2 aliphatic rings. The predicted octanol–water partition coefficient (Wildman–Crippen LogP) is 2.03. The summed E-state index contributed by atoms with van der Waals surface area (Å²) in [6.07, 6.45) is 6.48. The van der Waals surface area contributed by atoms with E-state index in [0.29, 0.717) is 43.5 Å². The van der Waals surface area contributed by atoms with E-state index in [4.69, 9.17) is 23.7 Å². The van der Waals surface area contributed by atoms with E-state index in [1.807, 2.05) is 6.07 Å². The summed E-state index contributed by atoms with van der Waals surface area (Å²) in [5.74, 6) is -0.289. The minimum absolute atomic E-state index is 0.00109. The van der Waals surface area contributed by atoms with Gasteiger partial charge in [-0.05, 0) is 12.2 Å². The zero-order valence-electron chi connectivity index (χ0n) is 18.0. The fourth-order valence-electron chi connectivity index (χ4n) is 3.46. The average Bonchev–Trinajstić information content (AvgIpc) is 3.05. The van der Waals surface area contributed by atoms with E-state index >= 15 is 0 Å². The Labute approximate surface area is 181 Å². The number of esters is 2. The molecule has 1 fully saturated rings. The smallest absolute Gasteiger partial charge is 0.355 e. The van der Waals surface area contributed by atoms with Crippen molar-refractivity contribution in [1.82, 2.24) is 0 Å². The second-order valence-electron chi connectivity index (χ2n) is 6.61. The Morgan fingerprint density at radius 1 is 0.871 bits per heavy atom. The van der Waals surface area contributed by atoms with Crippen molar-refractivity contribution in [2.24, 2.45) is 0 Å². The molecule has 3 rings (SSSR count). The largest absolute Gasteiger partial charge is 0.494 e. The molecule has 0 aromatic heterocycles.